The van der Waals surface area contributed by atoms with E-state index >= 15 is 0 Å². The number of aliphatic hydroxyl groups excluding tert-OH is 1. The largest absolute Gasteiger partial charge is 0.494 e. The minimum atomic E-state index is -2.97. The number of nitrogens with one attached hydrogen (secondary N) is 2. The van der Waals surface area contributed by atoms with Crippen molar-refractivity contribution in [1.29, 1.82) is 0 Å². The molecular formula is C25H32FN5O5S. The van der Waals surface area contributed by atoms with Gasteiger partial charge in [0.1, 0.15) is 5.82 Å². The first-order chi connectivity index (χ1) is 17.2. The van der Waals surface area contributed by atoms with E-state index in [1.165, 1.54) is 31.7 Å². The van der Waals surface area contributed by atoms with Gasteiger partial charge in [-0.25, -0.2) is 18.4 Å². The molecule has 0 aliphatic heterocycles. The number of anilines is 3. The first-order valence-electron chi connectivity index (χ1n) is 11.0. The van der Waals surface area contributed by atoms with E-state index in [0.717, 1.165) is 0 Å². The predicted molar refractivity (Wildman–Crippen MR) is 142 cm³/mol. The molecule has 0 saturated heterocycles. The molecule has 0 aliphatic carbocycles. The first kappa shape index (κ1) is 29.5. The van der Waals surface area contributed by atoms with Crippen molar-refractivity contribution in [2.75, 3.05) is 37.2 Å². The third kappa shape index (κ3) is 7.61. The van der Waals surface area contributed by atoms with Gasteiger partial charge in [-0.1, -0.05) is 13.5 Å². The zero-order valence-electron chi connectivity index (χ0n) is 20.3. The van der Waals surface area contributed by atoms with Crippen LogP contribution in [-0.4, -0.2) is 58.0 Å². The summed E-state index contributed by atoms with van der Waals surface area (Å²) < 4.78 is 40.4. The van der Waals surface area contributed by atoms with Crippen molar-refractivity contribution >= 4 is 33.3 Å². The molecule has 3 rings (SSSR count). The van der Waals surface area contributed by atoms with E-state index in [1.54, 1.807) is 44.2 Å². The van der Waals surface area contributed by atoms with Gasteiger partial charge in [-0.2, -0.15) is 4.98 Å². The smallest absolute Gasteiger partial charge is 0.442 e. The van der Waals surface area contributed by atoms with Crippen LogP contribution in [0.1, 0.15) is 21.3 Å². The summed E-state index contributed by atoms with van der Waals surface area (Å²) in [5.41, 5.74) is 1.65. The number of carbonyl (C=O) groups excluding carboxylic acids is 1. The van der Waals surface area contributed by atoms with Gasteiger partial charge in [0.15, 0.2) is 11.6 Å². The van der Waals surface area contributed by atoms with Crippen LogP contribution in [0.3, 0.4) is 0 Å². The van der Waals surface area contributed by atoms with E-state index in [0.29, 0.717) is 27.5 Å². The molecule has 0 saturated carbocycles. The van der Waals surface area contributed by atoms with Crippen LogP contribution in [0.25, 0.3) is 11.1 Å². The highest BCUT2D eigenvalue weighted by atomic mass is 32.2. The molecule has 10 nitrogen and oxygen atoms in total. The number of amides is 1. The second kappa shape index (κ2) is 13.0. The maximum Gasteiger partial charge on any atom is 0.442 e. The van der Waals surface area contributed by atoms with E-state index in [2.05, 4.69) is 25.0 Å². The molecule has 1 amide bonds. The fourth-order valence-electron chi connectivity index (χ4n) is 3.14. The third-order valence-corrected chi connectivity index (χ3v) is 6.62. The van der Waals surface area contributed by atoms with Crippen molar-refractivity contribution in [2.24, 2.45) is 4.36 Å². The molecule has 0 radical (unpaired) electrons. The monoisotopic (exact) mass is 533 g/mol. The molecule has 1 aromatic heterocycles. The molecular weight excluding hydrogens is 501 g/mol. The first-order valence-corrected chi connectivity index (χ1v) is 12.9. The van der Waals surface area contributed by atoms with Gasteiger partial charge in [0.05, 0.1) is 30.1 Å². The van der Waals surface area contributed by atoms with Crippen molar-refractivity contribution in [1.82, 2.24) is 9.97 Å². The van der Waals surface area contributed by atoms with Gasteiger partial charge < -0.3 is 25.2 Å². The highest BCUT2D eigenvalue weighted by Gasteiger charge is 2.15. The van der Waals surface area contributed by atoms with Crippen molar-refractivity contribution in [3.63, 3.8) is 0 Å². The number of halogens is 1. The predicted octanol–water partition coefficient (Wildman–Crippen LogP) is 5.08. The fraction of sp³-hybridized carbons (Fsp3) is 0.320. The molecule has 0 fully saturated rings. The number of ether oxygens (including phenoxy) is 2. The van der Waals surface area contributed by atoms with Crippen molar-refractivity contribution in [2.45, 2.75) is 32.2 Å². The summed E-state index contributed by atoms with van der Waals surface area (Å²) >= 11 is 0. The molecule has 0 bridgehead atoms. The van der Waals surface area contributed by atoms with Gasteiger partial charge in [0.25, 0.3) is 0 Å². The average Bonchev–Trinajstić information content (AvgIpc) is 2.84. The summed E-state index contributed by atoms with van der Waals surface area (Å²) in [6, 6.07) is 10.7. The molecule has 0 aliphatic rings. The molecule has 1 heterocycles. The highest BCUT2D eigenvalue weighted by molar-refractivity contribution is 7.93. The lowest BCUT2D eigenvalue weighted by Gasteiger charge is -2.17. The van der Waals surface area contributed by atoms with E-state index < -0.39 is 21.6 Å². The molecule has 1 unspecified atom stereocenters. The minimum Gasteiger partial charge on any atom is -0.494 e. The van der Waals surface area contributed by atoms with Gasteiger partial charge >= 0.3 is 6.09 Å². The zero-order valence-corrected chi connectivity index (χ0v) is 21.1. The second-order valence-electron chi connectivity index (χ2n) is 7.78. The number of aliphatic hydroxyl groups is 1. The standard InChI is InChI=1S/C24H28FN5O5S.CH4/c1-5-35-24(32)30-36(4,33)18-9-7-17(8-10-18)28-23-26-13-19(22(29-23)27-15(2)14-31)16-6-11-21(34-3)20(25)12-16;/h6-13,15,31H,5,14H2,1-4H3,(H2,26,27,28,29);1H4/t15-,36?;/m1./s1. The molecule has 0 spiro atoms. The van der Waals surface area contributed by atoms with Crippen LogP contribution < -0.4 is 15.4 Å². The Morgan fingerprint density at radius 1 is 1.24 bits per heavy atom. The quantitative estimate of drug-likeness (QED) is 0.344. The molecule has 3 N–H and O–H groups in total. The summed E-state index contributed by atoms with van der Waals surface area (Å²) in [7, 11) is -1.58. The summed E-state index contributed by atoms with van der Waals surface area (Å²) in [6.07, 6.45) is 2.01. The lowest BCUT2D eigenvalue weighted by Crippen LogP contribution is -2.21. The molecule has 200 valence electrons. The van der Waals surface area contributed by atoms with Crippen LogP contribution in [-0.2, 0) is 14.5 Å². The van der Waals surface area contributed by atoms with E-state index in [9.17, 15) is 18.5 Å². The maximum absolute atomic E-state index is 14.3. The van der Waals surface area contributed by atoms with Crippen LogP contribution in [0.15, 0.2) is 57.9 Å². The fourth-order valence-corrected chi connectivity index (χ4v) is 4.22. The van der Waals surface area contributed by atoms with E-state index in [4.69, 9.17) is 9.47 Å². The summed E-state index contributed by atoms with van der Waals surface area (Å²) in [5, 5.41) is 15.6. The van der Waals surface area contributed by atoms with Crippen LogP contribution >= 0.6 is 0 Å². The molecule has 37 heavy (non-hydrogen) atoms. The van der Waals surface area contributed by atoms with Crippen LogP contribution in [0.5, 0.6) is 5.75 Å². The Morgan fingerprint density at radius 3 is 2.54 bits per heavy atom. The minimum absolute atomic E-state index is 0. The summed E-state index contributed by atoms with van der Waals surface area (Å²) in [5.74, 6) is 0.216. The number of rotatable bonds is 9. The highest BCUT2D eigenvalue weighted by Crippen LogP contribution is 2.31. The van der Waals surface area contributed by atoms with Crippen LogP contribution in [0.4, 0.5) is 26.6 Å². The Kier molecular flexibility index (Phi) is 10.3. The Balaban J connectivity index is 0.00000481. The average molecular weight is 534 g/mol. The van der Waals surface area contributed by atoms with Gasteiger partial charge in [-0.3, -0.25) is 0 Å². The SMILES string of the molecule is C.CCOC(=O)N=S(C)(=O)c1ccc(Nc2ncc(-c3ccc(OC)c(F)c3)c(N[C@H](C)CO)n2)cc1. The zero-order chi connectivity index (χ0) is 26.3. The number of methoxy groups -OCH3 is 1. The number of aromatic nitrogens is 2. The van der Waals surface area contributed by atoms with E-state index in [1.807, 2.05) is 0 Å². The molecule has 3 aromatic rings. The van der Waals surface area contributed by atoms with Crippen molar-refractivity contribution < 1.29 is 28.0 Å². The maximum atomic E-state index is 14.3. The van der Waals surface area contributed by atoms with Crippen LogP contribution in [0.2, 0.25) is 0 Å². The normalized spacial score (nSPS) is 12.9. The van der Waals surface area contributed by atoms with Gasteiger partial charge in [0.2, 0.25) is 5.95 Å². The third-order valence-electron chi connectivity index (χ3n) is 4.97. The van der Waals surface area contributed by atoms with Crippen LogP contribution in [0, 0.1) is 5.82 Å². The van der Waals surface area contributed by atoms with Gasteiger partial charge in [-0.15, -0.1) is 4.36 Å². The number of carbonyl (C=O) groups is 1. The topological polar surface area (TPSA) is 135 Å². The number of benzene rings is 2. The lowest BCUT2D eigenvalue weighted by molar-refractivity contribution is 0.164. The summed E-state index contributed by atoms with van der Waals surface area (Å²) in [6.45, 7) is 3.41. The number of hydrogen-bond acceptors (Lipinski definition) is 9. The number of nitrogens with zero attached hydrogens (tertiary/aromatic N) is 3. The molecule has 2 atom stereocenters. The van der Waals surface area contributed by atoms with Gasteiger partial charge in [0, 0.05) is 34.6 Å². The number of hydrogen-bond donors (Lipinski definition) is 3. The van der Waals surface area contributed by atoms with Crippen molar-refractivity contribution in [3.05, 3.63) is 54.5 Å². The Bertz CT molecular complexity index is 1340. The Labute approximate surface area is 216 Å². The molecule has 12 heteroatoms. The van der Waals surface area contributed by atoms with Crippen molar-refractivity contribution in [3.8, 4) is 16.9 Å². The lowest BCUT2D eigenvalue weighted by atomic mass is 10.1. The Hall–Kier alpha value is -3.77. The van der Waals surface area contributed by atoms with E-state index in [-0.39, 0.29) is 38.4 Å². The second-order valence-corrected chi connectivity index (χ2v) is 10.0. The van der Waals surface area contributed by atoms with Gasteiger partial charge in [-0.05, 0) is 55.8 Å². The Morgan fingerprint density at radius 2 is 1.95 bits per heavy atom. The molecule has 2 aromatic carbocycles. The summed E-state index contributed by atoms with van der Waals surface area (Å²) in [4.78, 5) is 20.8.